The summed E-state index contributed by atoms with van der Waals surface area (Å²) in [7, 11) is -7.40. The molecule has 0 aliphatic carbocycles. The second-order valence-electron chi connectivity index (χ2n) is 6.85. The van der Waals surface area contributed by atoms with Crippen molar-refractivity contribution >= 4 is 31.6 Å². The number of nitrogens with one attached hydrogen (secondary N) is 1. The Bertz CT molecular complexity index is 1110. The molecule has 3 rings (SSSR count). The number of hydrogen-bond acceptors (Lipinski definition) is 6. The molecule has 0 unspecified atom stereocenters. The van der Waals surface area contributed by atoms with E-state index in [1.54, 1.807) is 0 Å². The van der Waals surface area contributed by atoms with Gasteiger partial charge in [0.2, 0.25) is 20.0 Å². The fraction of sp³-hybridized carbons (Fsp3) is 0.316. The van der Waals surface area contributed by atoms with E-state index in [1.165, 1.54) is 52.8 Å². The van der Waals surface area contributed by atoms with E-state index in [9.17, 15) is 21.6 Å². The Kier molecular flexibility index (Phi) is 6.76. The Hall–Kier alpha value is -2.47. The lowest BCUT2D eigenvalue weighted by molar-refractivity contribution is -0.118. The van der Waals surface area contributed by atoms with Gasteiger partial charge in [-0.05, 0) is 55.3 Å². The molecule has 11 heteroatoms. The highest BCUT2D eigenvalue weighted by Crippen LogP contribution is 2.22. The summed E-state index contributed by atoms with van der Waals surface area (Å²) in [6, 6.07) is 11.4. The van der Waals surface area contributed by atoms with Crippen LogP contribution in [-0.4, -0.2) is 46.7 Å². The third kappa shape index (κ3) is 5.57. The van der Waals surface area contributed by atoms with Gasteiger partial charge in [0.1, 0.15) is 5.75 Å². The summed E-state index contributed by atoms with van der Waals surface area (Å²) in [4.78, 5) is 12.1. The van der Waals surface area contributed by atoms with Gasteiger partial charge in [0, 0.05) is 18.8 Å². The Balaban J connectivity index is 1.58. The molecule has 0 aromatic heterocycles. The van der Waals surface area contributed by atoms with Gasteiger partial charge in [-0.15, -0.1) is 0 Å². The molecular formula is C19H23N3O6S2. The summed E-state index contributed by atoms with van der Waals surface area (Å²) in [5, 5.41) is 7.59. The minimum atomic E-state index is -3.88. The van der Waals surface area contributed by atoms with Crippen LogP contribution in [-0.2, 0) is 24.8 Å². The zero-order chi connectivity index (χ0) is 21.8. The largest absolute Gasteiger partial charge is 0.484 e. The number of nitrogens with zero attached hydrogens (tertiary/aromatic N) is 1. The Morgan fingerprint density at radius 3 is 2.27 bits per heavy atom. The fourth-order valence-electron chi connectivity index (χ4n) is 3.06. The van der Waals surface area contributed by atoms with Crippen molar-refractivity contribution in [3.63, 3.8) is 0 Å². The highest BCUT2D eigenvalue weighted by molar-refractivity contribution is 7.89. The van der Waals surface area contributed by atoms with E-state index in [-0.39, 0.29) is 22.1 Å². The highest BCUT2D eigenvalue weighted by atomic mass is 32.2. The summed E-state index contributed by atoms with van der Waals surface area (Å²) in [6.07, 6.45) is 2.75. The van der Waals surface area contributed by atoms with Crippen molar-refractivity contribution in [2.24, 2.45) is 5.14 Å². The van der Waals surface area contributed by atoms with Crippen molar-refractivity contribution < 1.29 is 26.4 Å². The van der Waals surface area contributed by atoms with E-state index < -0.39 is 26.0 Å². The lowest BCUT2D eigenvalue weighted by atomic mass is 10.2. The molecule has 0 atom stereocenters. The van der Waals surface area contributed by atoms with Crippen molar-refractivity contribution in [1.29, 1.82) is 0 Å². The standard InChI is InChI=1S/C19H23N3O6S2/c20-29(24,25)18-6-4-5-15(13-18)21-19(23)14-28-16-7-9-17(10-8-16)30(26,27)22-11-2-1-3-12-22/h4-10,13H,1-3,11-12,14H2,(H,21,23)(H2,20,24,25). The Labute approximate surface area is 175 Å². The Morgan fingerprint density at radius 2 is 1.63 bits per heavy atom. The van der Waals surface area contributed by atoms with Gasteiger partial charge in [-0.2, -0.15) is 4.31 Å². The first-order valence-electron chi connectivity index (χ1n) is 9.32. The maximum atomic E-state index is 12.6. The molecule has 1 heterocycles. The van der Waals surface area contributed by atoms with E-state index in [1.807, 2.05) is 0 Å². The molecule has 2 aromatic carbocycles. The number of ether oxygens (including phenoxy) is 1. The van der Waals surface area contributed by atoms with E-state index in [4.69, 9.17) is 9.88 Å². The second-order valence-corrected chi connectivity index (χ2v) is 10.3. The minimum Gasteiger partial charge on any atom is -0.484 e. The summed E-state index contributed by atoms with van der Waals surface area (Å²) in [6.45, 7) is 0.707. The van der Waals surface area contributed by atoms with Crippen LogP contribution in [0.15, 0.2) is 58.3 Å². The van der Waals surface area contributed by atoms with Gasteiger partial charge in [0.15, 0.2) is 6.61 Å². The molecule has 1 saturated heterocycles. The van der Waals surface area contributed by atoms with Crippen LogP contribution in [0.4, 0.5) is 5.69 Å². The number of carbonyl (C=O) groups is 1. The van der Waals surface area contributed by atoms with Gasteiger partial charge in [-0.3, -0.25) is 4.79 Å². The van der Waals surface area contributed by atoms with Crippen LogP contribution >= 0.6 is 0 Å². The molecular weight excluding hydrogens is 430 g/mol. The number of carbonyl (C=O) groups excluding carboxylic acids is 1. The lowest BCUT2D eigenvalue weighted by Crippen LogP contribution is -2.35. The average Bonchev–Trinajstić information content (AvgIpc) is 2.73. The summed E-state index contributed by atoms with van der Waals surface area (Å²) in [5.74, 6) is -0.174. The van der Waals surface area contributed by atoms with E-state index in [0.717, 1.165) is 19.3 Å². The van der Waals surface area contributed by atoms with Crippen LogP contribution in [0.3, 0.4) is 0 Å². The van der Waals surface area contributed by atoms with Crippen molar-refractivity contribution in [3.05, 3.63) is 48.5 Å². The zero-order valence-corrected chi connectivity index (χ0v) is 17.8. The lowest BCUT2D eigenvalue weighted by Gasteiger charge is -2.25. The predicted octanol–water partition coefficient (Wildman–Crippen LogP) is 1.53. The first kappa shape index (κ1) is 22.2. The summed E-state index contributed by atoms with van der Waals surface area (Å²) < 4.78 is 54.9. The van der Waals surface area contributed by atoms with Crippen molar-refractivity contribution in [1.82, 2.24) is 4.31 Å². The number of primary sulfonamides is 1. The van der Waals surface area contributed by atoms with Crippen molar-refractivity contribution in [3.8, 4) is 5.75 Å². The number of amides is 1. The molecule has 30 heavy (non-hydrogen) atoms. The maximum absolute atomic E-state index is 12.6. The normalized spacial score (nSPS) is 15.5. The number of piperidine rings is 1. The van der Waals surface area contributed by atoms with Crippen LogP contribution in [0.1, 0.15) is 19.3 Å². The van der Waals surface area contributed by atoms with E-state index in [0.29, 0.717) is 18.8 Å². The van der Waals surface area contributed by atoms with Crippen molar-refractivity contribution in [2.45, 2.75) is 29.1 Å². The molecule has 1 amide bonds. The third-order valence-electron chi connectivity index (χ3n) is 4.59. The van der Waals surface area contributed by atoms with Gasteiger partial charge < -0.3 is 10.1 Å². The fourth-order valence-corrected chi connectivity index (χ4v) is 5.14. The molecule has 0 saturated carbocycles. The SMILES string of the molecule is NS(=O)(=O)c1cccc(NC(=O)COc2ccc(S(=O)(=O)N3CCCCC3)cc2)c1. The van der Waals surface area contributed by atoms with Gasteiger partial charge in [-0.25, -0.2) is 22.0 Å². The maximum Gasteiger partial charge on any atom is 0.262 e. The molecule has 0 radical (unpaired) electrons. The van der Waals surface area contributed by atoms with Crippen LogP contribution in [0, 0.1) is 0 Å². The second kappa shape index (κ2) is 9.13. The topological polar surface area (TPSA) is 136 Å². The number of anilines is 1. The van der Waals surface area contributed by atoms with E-state index in [2.05, 4.69) is 5.32 Å². The average molecular weight is 454 g/mol. The van der Waals surface area contributed by atoms with Gasteiger partial charge in [-0.1, -0.05) is 12.5 Å². The first-order valence-corrected chi connectivity index (χ1v) is 12.3. The number of nitrogens with two attached hydrogens (primary N) is 1. The monoisotopic (exact) mass is 453 g/mol. The summed E-state index contributed by atoms with van der Waals surface area (Å²) >= 11 is 0. The predicted molar refractivity (Wildman–Crippen MR) is 111 cm³/mol. The number of rotatable bonds is 7. The highest BCUT2D eigenvalue weighted by Gasteiger charge is 2.25. The molecule has 0 bridgehead atoms. The molecule has 1 fully saturated rings. The van der Waals surface area contributed by atoms with Crippen LogP contribution in [0.5, 0.6) is 5.75 Å². The number of hydrogen-bond donors (Lipinski definition) is 2. The number of sulfonamides is 2. The smallest absolute Gasteiger partial charge is 0.262 e. The molecule has 162 valence electrons. The quantitative estimate of drug-likeness (QED) is 0.652. The van der Waals surface area contributed by atoms with Gasteiger partial charge in [0.05, 0.1) is 9.79 Å². The molecule has 0 spiro atoms. The van der Waals surface area contributed by atoms with Crippen LogP contribution in [0.25, 0.3) is 0 Å². The van der Waals surface area contributed by atoms with Crippen LogP contribution < -0.4 is 15.2 Å². The van der Waals surface area contributed by atoms with Gasteiger partial charge in [0.25, 0.3) is 5.91 Å². The number of benzene rings is 2. The first-order chi connectivity index (χ1) is 14.2. The molecule has 3 N–H and O–H groups in total. The molecule has 1 aliphatic heterocycles. The van der Waals surface area contributed by atoms with Crippen molar-refractivity contribution in [2.75, 3.05) is 25.0 Å². The molecule has 2 aromatic rings. The third-order valence-corrected chi connectivity index (χ3v) is 7.42. The molecule has 9 nitrogen and oxygen atoms in total. The minimum absolute atomic E-state index is 0.119. The van der Waals surface area contributed by atoms with Gasteiger partial charge >= 0.3 is 0 Å². The Morgan fingerprint density at radius 1 is 0.967 bits per heavy atom. The van der Waals surface area contributed by atoms with Crippen LogP contribution in [0.2, 0.25) is 0 Å². The van der Waals surface area contributed by atoms with E-state index >= 15 is 0 Å². The zero-order valence-electron chi connectivity index (χ0n) is 16.2. The summed E-state index contributed by atoms with van der Waals surface area (Å²) in [5.41, 5.74) is 0.262. The molecule has 1 aliphatic rings.